The first-order chi connectivity index (χ1) is 11.0. The van der Waals surface area contributed by atoms with Crippen LogP contribution in [0, 0.1) is 5.82 Å². The third kappa shape index (κ3) is 4.19. The number of aliphatic hydroxyl groups excluding tert-OH is 1. The molecule has 1 aromatic rings. The van der Waals surface area contributed by atoms with Crippen LogP contribution in [0.2, 0.25) is 0 Å². The lowest BCUT2D eigenvalue weighted by molar-refractivity contribution is -0.157. The number of rotatable bonds is 7. The SMILES string of the molecule is COc1ccc(F)c(CN2CCC[C@](O)(CNCCO)C2=O)c1. The first kappa shape index (κ1) is 17.7. The number of likely N-dealkylation sites (tertiary alicyclic amines) is 1. The number of methoxy groups -OCH3 is 1. The zero-order chi connectivity index (χ0) is 16.9. The number of ether oxygens (including phenoxy) is 1. The second kappa shape index (κ2) is 7.72. The minimum atomic E-state index is -1.51. The van der Waals surface area contributed by atoms with Gasteiger partial charge in [0.15, 0.2) is 5.60 Å². The lowest BCUT2D eigenvalue weighted by Gasteiger charge is -2.38. The van der Waals surface area contributed by atoms with Gasteiger partial charge in [0.1, 0.15) is 11.6 Å². The molecule has 1 saturated heterocycles. The van der Waals surface area contributed by atoms with E-state index in [-0.39, 0.29) is 19.7 Å². The van der Waals surface area contributed by atoms with Gasteiger partial charge in [0.05, 0.1) is 13.7 Å². The third-order valence-electron chi connectivity index (χ3n) is 4.02. The van der Waals surface area contributed by atoms with E-state index in [1.54, 1.807) is 6.07 Å². The summed E-state index contributed by atoms with van der Waals surface area (Å²) >= 11 is 0. The molecule has 1 aliphatic heterocycles. The summed E-state index contributed by atoms with van der Waals surface area (Å²) in [4.78, 5) is 14.0. The molecule has 0 spiro atoms. The molecule has 1 atom stereocenters. The summed E-state index contributed by atoms with van der Waals surface area (Å²) in [6.45, 7) is 0.870. The number of carbonyl (C=O) groups is 1. The molecule has 1 heterocycles. The molecular formula is C16H23FN2O4. The number of halogens is 1. The zero-order valence-electron chi connectivity index (χ0n) is 13.2. The highest BCUT2D eigenvalue weighted by Gasteiger charge is 2.41. The van der Waals surface area contributed by atoms with E-state index < -0.39 is 17.3 Å². The summed E-state index contributed by atoms with van der Waals surface area (Å²) in [5, 5.41) is 22.2. The Bertz CT molecular complexity index is 555. The fraction of sp³-hybridized carbons (Fsp3) is 0.562. The number of amides is 1. The molecule has 128 valence electrons. The van der Waals surface area contributed by atoms with Crippen LogP contribution in [-0.2, 0) is 11.3 Å². The molecule has 0 aliphatic carbocycles. The molecule has 0 unspecified atom stereocenters. The highest BCUT2D eigenvalue weighted by atomic mass is 19.1. The van der Waals surface area contributed by atoms with Crippen molar-refractivity contribution in [3.8, 4) is 5.75 Å². The Labute approximate surface area is 134 Å². The average Bonchev–Trinajstić information content (AvgIpc) is 2.54. The van der Waals surface area contributed by atoms with Gasteiger partial charge >= 0.3 is 0 Å². The largest absolute Gasteiger partial charge is 0.497 e. The monoisotopic (exact) mass is 326 g/mol. The van der Waals surface area contributed by atoms with Crippen molar-refractivity contribution >= 4 is 5.91 Å². The van der Waals surface area contributed by atoms with Gasteiger partial charge in [0, 0.05) is 31.7 Å². The molecule has 0 bridgehead atoms. The number of carbonyl (C=O) groups excluding carboxylic acids is 1. The van der Waals surface area contributed by atoms with Crippen LogP contribution < -0.4 is 10.1 Å². The first-order valence-electron chi connectivity index (χ1n) is 7.66. The number of hydrogen-bond acceptors (Lipinski definition) is 5. The number of aliphatic hydroxyl groups is 2. The molecule has 0 aromatic heterocycles. The summed E-state index contributed by atoms with van der Waals surface area (Å²) in [5.74, 6) is -0.312. The predicted octanol–water partition coefficient (Wildman–Crippen LogP) is 0.270. The fourth-order valence-electron chi connectivity index (χ4n) is 2.76. The molecule has 6 nitrogen and oxygen atoms in total. The summed E-state index contributed by atoms with van der Waals surface area (Å²) in [7, 11) is 1.49. The average molecular weight is 326 g/mol. The van der Waals surface area contributed by atoms with E-state index in [4.69, 9.17) is 9.84 Å². The zero-order valence-corrected chi connectivity index (χ0v) is 13.2. The predicted molar refractivity (Wildman–Crippen MR) is 82.5 cm³/mol. The van der Waals surface area contributed by atoms with Gasteiger partial charge in [-0.25, -0.2) is 4.39 Å². The van der Waals surface area contributed by atoms with Gasteiger partial charge in [0.25, 0.3) is 5.91 Å². The van der Waals surface area contributed by atoms with Crippen molar-refractivity contribution in [2.75, 3.05) is 33.4 Å². The Balaban J connectivity index is 2.09. The Hall–Kier alpha value is -1.70. The van der Waals surface area contributed by atoms with Gasteiger partial charge in [-0.3, -0.25) is 4.79 Å². The van der Waals surface area contributed by atoms with Crippen molar-refractivity contribution in [2.45, 2.75) is 25.0 Å². The Morgan fingerprint density at radius 2 is 2.26 bits per heavy atom. The van der Waals surface area contributed by atoms with Crippen LogP contribution in [0.5, 0.6) is 5.75 Å². The third-order valence-corrected chi connectivity index (χ3v) is 4.02. The van der Waals surface area contributed by atoms with Gasteiger partial charge in [-0.1, -0.05) is 0 Å². The van der Waals surface area contributed by atoms with Crippen molar-refractivity contribution < 1.29 is 24.1 Å². The van der Waals surface area contributed by atoms with E-state index in [0.717, 1.165) is 0 Å². The van der Waals surface area contributed by atoms with E-state index in [0.29, 0.717) is 37.2 Å². The Morgan fingerprint density at radius 1 is 1.48 bits per heavy atom. The summed E-state index contributed by atoms with van der Waals surface area (Å²) in [6, 6.07) is 4.38. The lowest BCUT2D eigenvalue weighted by Crippen LogP contribution is -2.57. The van der Waals surface area contributed by atoms with E-state index >= 15 is 0 Å². The van der Waals surface area contributed by atoms with Crippen LogP contribution in [0.1, 0.15) is 18.4 Å². The Morgan fingerprint density at radius 3 is 2.96 bits per heavy atom. The summed E-state index contributed by atoms with van der Waals surface area (Å²) in [5.41, 5.74) is -1.16. The van der Waals surface area contributed by atoms with Crippen molar-refractivity contribution in [3.63, 3.8) is 0 Å². The lowest BCUT2D eigenvalue weighted by atomic mass is 9.91. The molecule has 0 saturated carbocycles. The molecule has 1 amide bonds. The van der Waals surface area contributed by atoms with Crippen molar-refractivity contribution in [1.29, 1.82) is 0 Å². The molecular weight excluding hydrogens is 303 g/mol. The van der Waals surface area contributed by atoms with Crippen LogP contribution in [0.15, 0.2) is 18.2 Å². The number of nitrogens with one attached hydrogen (secondary N) is 1. The normalized spacial score (nSPS) is 21.6. The molecule has 1 aliphatic rings. The minimum absolute atomic E-state index is 0.0665. The van der Waals surface area contributed by atoms with E-state index in [9.17, 15) is 14.3 Å². The van der Waals surface area contributed by atoms with Gasteiger partial charge in [-0.05, 0) is 31.0 Å². The molecule has 3 N–H and O–H groups in total. The number of hydrogen-bond donors (Lipinski definition) is 3. The van der Waals surface area contributed by atoms with Gasteiger partial charge < -0.3 is 25.2 Å². The van der Waals surface area contributed by atoms with Crippen LogP contribution in [0.3, 0.4) is 0 Å². The molecule has 23 heavy (non-hydrogen) atoms. The topological polar surface area (TPSA) is 82.0 Å². The van der Waals surface area contributed by atoms with Crippen molar-refractivity contribution in [3.05, 3.63) is 29.6 Å². The quantitative estimate of drug-likeness (QED) is 0.627. The van der Waals surface area contributed by atoms with Crippen molar-refractivity contribution in [1.82, 2.24) is 10.2 Å². The second-order valence-electron chi connectivity index (χ2n) is 5.72. The van der Waals surface area contributed by atoms with Crippen LogP contribution in [0.25, 0.3) is 0 Å². The molecule has 1 fully saturated rings. The number of nitrogens with zero attached hydrogens (tertiary/aromatic N) is 1. The maximum atomic E-state index is 13.9. The smallest absolute Gasteiger partial charge is 0.256 e. The van der Waals surface area contributed by atoms with Crippen molar-refractivity contribution in [2.24, 2.45) is 0 Å². The number of piperidine rings is 1. The highest BCUT2D eigenvalue weighted by Crippen LogP contribution is 2.25. The maximum Gasteiger partial charge on any atom is 0.256 e. The van der Waals surface area contributed by atoms with E-state index in [1.807, 2.05) is 0 Å². The Kier molecular flexibility index (Phi) is 5.92. The molecule has 2 rings (SSSR count). The fourth-order valence-corrected chi connectivity index (χ4v) is 2.76. The van der Waals surface area contributed by atoms with E-state index in [1.165, 1.54) is 24.1 Å². The summed E-state index contributed by atoms with van der Waals surface area (Å²) in [6.07, 6.45) is 0.982. The number of benzene rings is 1. The van der Waals surface area contributed by atoms with Crippen LogP contribution in [-0.4, -0.2) is 60.0 Å². The molecule has 7 heteroatoms. The minimum Gasteiger partial charge on any atom is -0.497 e. The van der Waals surface area contributed by atoms with Gasteiger partial charge in [0.2, 0.25) is 0 Å². The maximum absolute atomic E-state index is 13.9. The first-order valence-corrected chi connectivity index (χ1v) is 7.66. The standard InChI is InChI=1S/C16H23FN2O4/c1-23-13-3-4-14(17)12(9-13)10-19-7-2-5-16(22,15(19)21)11-18-6-8-20/h3-4,9,18,20,22H,2,5-8,10-11H2,1H3/t16-/m0/s1. The second-order valence-corrected chi connectivity index (χ2v) is 5.72. The van der Waals surface area contributed by atoms with Gasteiger partial charge in [-0.15, -0.1) is 0 Å². The highest BCUT2D eigenvalue weighted by molar-refractivity contribution is 5.86. The molecule has 0 radical (unpaired) electrons. The van der Waals surface area contributed by atoms with Gasteiger partial charge in [-0.2, -0.15) is 0 Å². The summed E-state index contributed by atoms with van der Waals surface area (Å²) < 4.78 is 19.0. The van der Waals surface area contributed by atoms with E-state index in [2.05, 4.69) is 5.32 Å². The molecule has 1 aromatic carbocycles. The van der Waals surface area contributed by atoms with Crippen LogP contribution in [0.4, 0.5) is 4.39 Å². The van der Waals surface area contributed by atoms with Crippen LogP contribution >= 0.6 is 0 Å².